The highest BCUT2D eigenvalue weighted by atomic mass is 15.3. The maximum atomic E-state index is 4.26. The Morgan fingerprint density at radius 1 is 1.40 bits per heavy atom. The lowest BCUT2D eigenvalue weighted by atomic mass is 10.1. The minimum Gasteiger partial charge on any atom is -0.307 e. The predicted octanol–water partition coefficient (Wildman–Crippen LogP) is 1.82. The Kier molecular flexibility index (Phi) is 4.75. The number of rotatable bonds is 6. The fourth-order valence-corrected chi connectivity index (χ4v) is 1.31. The van der Waals surface area contributed by atoms with E-state index in [1.165, 1.54) is 0 Å². The first-order chi connectivity index (χ1) is 7.15. The Balaban J connectivity index is 2.46. The van der Waals surface area contributed by atoms with Crippen LogP contribution >= 0.6 is 0 Å². The van der Waals surface area contributed by atoms with Crippen molar-refractivity contribution in [1.29, 1.82) is 0 Å². The molecular weight excluding hydrogens is 188 g/mol. The van der Waals surface area contributed by atoms with Crippen LogP contribution in [0.5, 0.6) is 0 Å². The topological polar surface area (TPSA) is 42.7 Å². The monoisotopic (exact) mass is 210 g/mol. The molecule has 1 N–H and O–H groups in total. The van der Waals surface area contributed by atoms with Crippen LogP contribution in [0.25, 0.3) is 0 Å². The van der Waals surface area contributed by atoms with Gasteiger partial charge < -0.3 is 5.32 Å². The maximum Gasteiger partial charge on any atom is 0.140 e. The van der Waals surface area contributed by atoms with Crippen molar-refractivity contribution in [3.8, 4) is 0 Å². The Hall–Kier alpha value is -0.900. The highest BCUT2D eigenvalue weighted by molar-refractivity contribution is 4.84. The van der Waals surface area contributed by atoms with Crippen LogP contribution < -0.4 is 5.32 Å². The molecule has 0 fully saturated rings. The van der Waals surface area contributed by atoms with E-state index in [1.54, 1.807) is 6.33 Å². The van der Waals surface area contributed by atoms with Gasteiger partial charge in [-0.1, -0.05) is 20.8 Å². The first-order valence-corrected chi connectivity index (χ1v) is 5.75. The molecule has 4 nitrogen and oxygen atoms in total. The SMILES string of the molecule is CCCn1ncnc1CNC(C)C(C)C. The smallest absolute Gasteiger partial charge is 0.140 e. The zero-order valence-corrected chi connectivity index (χ0v) is 10.2. The van der Waals surface area contributed by atoms with Gasteiger partial charge in [-0.05, 0) is 19.3 Å². The van der Waals surface area contributed by atoms with Crippen molar-refractivity contribution in [3.63, 3.8) is 0 Å². The second-order valence-electron chi connectivity index (χ2n) is 4.31. The summed E-state index contributed by atoms with van der Waals surface area (Å²) in [5, 5.41) is 7.65. The van der Waals surface area contributed by atoms with Crippen LogP contribution in [-0.4, -0.2) is 20.8 Å². The summed E-state index contributed by atoms with van der Waals surface area (Å²) in [6, 6.07) is 0.511. The van der Waals surface area contributed by atoms with Crippen molar-refractivity contribution in [1.82, 2.24) is 20.1 Å². The summed E-state index contributed by atoms with van der Waals surface area (Å²) in [6.45, 7) is 10.5. The molecule has 0 spiro atoms. The molecule has 1 aromatic rings. The van der Waals surface area contributed by atoms with Gasteiger partial charge in [0.1, 0.15) is 12.2 Å². The molecule has 1 rings (SSSR count). The lowest BCUT2D eigenvalue weighted by Gasteiger charge is -2.17. The fourth-order valence-electron chi connectivity index (χ4n) is 1.31. The van der Waals surface area contributed by atoms with E-state index >= 15 is 0 Å². The summed E-state index contributed by atoms with van der Waals surface area (Å²) in [7, 11) is 0. The van der Waals surface area contributed by atoms with Gasteiger partial charge in [0.25, 0.3) is 0 Å². The van der Waals surface area contributed by atoms with E-state index < -0.39 is 0 Å². The van der Waals surface area contributed by atoms with E-state index in [-0.39, 0.29) is 0 Å². The Bertz CT molecular complexity index is 280. The van der Waals surface area contributed by atoms with E-state index in [2.05, 4.69) is 43.1 Å². The number of hydrogen-bond acceptors (Lipinski definition) is 3. The van der Waals surface area contributed by atoms with Gasteiger partial charge in [-0.25, -0.2) is 9.67 Å². The molecular formula is C11H22N4. The van der Waals surface area contributed by atoms with Crippen LogP contribution in [0.3, 0.4) is 0 Å². The van der Waals surface area contributed by atoms with Gasteiger partial charge in [0.2, 0.25) is 0 Å². The van der Waals surface area contributed by atoms with Gasteiger partial charge in [-0.2, -0.15) is 5.10 Å². The quantitative estimate of drug-likeness (QED) is 0.779. The molecule has 86 valence electrons. The fraction of sp³-hybridized carbons (Fsp3) is 0.818. The van der Waals surface area contributed by atoms with Gasteiger partial charge in [0.15, 0.2) is 0 Å². The molecule has 0 bridgehead atoms. The predicted molar refractivity (Wildman–Crippen MR) is 61.5 cm³/mol. The zero-order chi connectivity index (χ0) is 11.3. The standard InChI is InChI=1S/C11H22N4/c1-5-6-15-11(13-8-14-15)7-12-10(4)9(2)3/h8-10,12H,5-7H2,1-4H3. The maximum absolute atomic E-state index is 4.26. The largest absolute Gasteiger partial charge is 0.307 e. The number of nitrogens with zero attached hydrogens (tertiary/aromatic N) is 3. The molecule has 4 heteroatoms. The van der Waals surface area contributed by atoms with Gasteiger partial charge in [-0.3, -0.25) is 0 Å². The molecule has 1 aromatic heterocycles. The minimum absolute atomic E-state index is 0.511. The van der Waals surface area contributed by atoms with E-state index in [0.717, 1.165) is 25.3 Å². The molecule has 0 aliphatic heterocycles. The van der Waals surface area contributed by atoms with Crippen LogP contribution in [-0.2, 0) is 13.1 Å². The van der Waals surface area contributed by atoms with Gasteiger partial charge in [0, 0.05) is 12.6 Å². The summed E-state index contributed by atoms with van der Waals surface area (Å²) >= 11 is 0. The first kappa shape index (κ1) is 12.2. The van der Waals surface area contributed by atoms with Crippen molar-refractivity contribution in [2.24, 2.45) is 5.92 Å². The summed E-state index contributed by atoms with van der Waals surface area (Å²) < 4.78 is 1.97. The molecule has 1 atom stereocenters. The Morgan fingerprint density at radius 3 is 2.73 bits per heavy atom. The third-order valence-corrected chi connectivity index (χ3v) is 2.71. The molecule has 0 aliphatic rings. The van der Waals surface area contributed by atoms with Crippen LogP contribution in [0.15, 0.2) is 6.33 Å². The van der Waals surface area contributed by atoms with Crippen molar-refractivity contribution >= 4 is 0 Å². The van der Waals surface area contributed by atoms with Crippen LogP contribution in [0, 0.1) is 5.92 Å². The molecule has 1 heterocycles. The zero-order valence-electron chi connectivity index (χ0n) is 10.2. The Labute approximate surface area is 92.1 Å². The molecule has 0 amide bonds. The minimum atomic E-state index is 0.511. The molecule has 0 saturated heterocycles. The van der Waals surface area contributed by atoms with Gasteiger partial charge in [0.05, 0.1) is 6.54 Å². The normalized spacial score (nSPS) is 13.4. The van der Waals surface area contributed by atoms with Crippen molar-refractivity contribution in [2.45, 2.75) is 53.2 Å². The first-order valence-electron chi connectivity index (χ1n) is 5.75. The molecule has 0 saturated carbocycles. The summed E-state index contributed by atoms with van der Waals surface area (Å²) in [5.74, 6) is 1.68. The van der Waals surface area contributed by atoms with Crippen LogP contribution in [0.1, 0.15) is 39.9 Å². The summed E-state index contributed by atoms with van der Waals surface area (Å²) in [4.78, 5) is 4.26. The van der Waals surface area contributed by atoms with Crippen molar-refractivity contribution in [2.75, 3.05) is 0 Å². The highest BCUT2D eigenvalue weighted by Crippen LogP contribution is 2.02. The lowest BCUT2D eigenvalue weighted by molar-refractivity contribution is 0.412. The average molecular weight is 210 g/mol. The molecule has 15 heavy (non-hydrogen) atoms. The number of aryl methyl sites for hydroxylation is 1. The van der Waals surface area contributed by atoms with Gasteiger partial charge in [-0.15, -0.1) is 0 Å². The third-order valence-electron chi connectivity index (χ3n) is 2.71. The summed E-state index contributed by atoms with van der Waals surface area (Å²) in [5.41, 5.74) is 0. The highest BCUT2D eigenvalue weighted by Gasteiger charge is 2.08. The van der Waals surface area contributed by atoms with E-state index in [1.807, 2.05) is 4.68 Å². The van der Waals surface area contributed by atoms with E-state index in [0.29, 0.717) is 12.0 Å². The second-order valence-corrected chi connectivity index (χ2v) is 4.31. The number of aromatic nitrogens is 3. The number of nitrogens with one attached hydrogen (secondary N) is 1. The lowest BCUT2D eigenvalue weighted by Crippen LogP contribution is -2.31. The van der Waals surface area contributed by atoms with Crippen molar-refractivity contribution < 1.29 is 0 Å². The number of hydrogen-bond donors (Lipinski definition) is 1. The van der Waals surface area contributed by atoms with Crippen molar-refractivity contribution in [3.05, 3.63) is 12.2 Å². The van der Waals surface area contributed by atoms with E-state index in [4.69, 9.17) is 0 Å². The summed E-state index contributed by atoms with van der Waals surface area (Å²) in [6.07, 6.45) is 2.73. The molecule has 0 aliphatic carbocycles. The molecule has 0 radical (unpaired) electrons. The Morgan fingerprint density at radius 2 is 2.13 bits per heavy atom. The molecule has 0 aromatic carbocycles. The van der Waals surface area contributed by atoms with Crippen LogP contribution in [0.4, 0.5) is 0 Å². The van der Waals surface area contributed by atoms with E-state index in [9.17, 15) is 0 Å². The average Bonchev–Trinajstić information content (AvgIpc) is 2.62. The van der Waals surface area contributed by atoms with Crippen LogP contribution in [0.2, 0.25) is 0 Å². The third kappa shape index (κ3) is 3.63. The second kappa shape index (κ2) is 5.85. The molecule has 1 unspecified atom stereocenters. The van der Waals surface area contributed by atoms with Gasteiger partial charge >= 0.3 is 0 Å².